The van der Waals surface area contributed by atoms with Gasteiger partial charge in [0.1, 0.15) is 0 Å². The van der Waals surface area contributed by atoms with Crippen molar-refractivity contribution >= 4 is 11.8 Å². The van der Waals surface area contributed by atoms with Gasteiger partial charge in [-0.1, -0.05) is 6.92 Å². The van der Waals surface area contributed by atoms with Gasteiger partial charge in [0.2, 0.25) is 0 Å². The van der Waals surface area contributed by atoms with Crippen LogP contribution in [0.1, 0.15) is 26.7 Å². The fraction of sp³-hybridized carbons (Fsp3) is 0.833. The third-order valence-corrected chi connectivity index (χ3v) is 2.99. The molecule has 0 atom stereocenters. The van der Waals surface area contributed by atoms with Gasteiger partial charge < -0.3 is 15.1 Å². The van der Waals surface area contributed by atoms with Gasteiger partial charge >= 0.3 is 11.8 Å². The Kier molecular flexibility index (Phi) is 5.97. The lowest BCUT2D eigenvalue weighted by Gasteiger charge is -2.33. The monoisotopic (exact) mass is 241 g/mol. The second kappa shape index (κ2) is 7.27. The second-order valence-electron chi connectivity index (χ2n) is 4.28. The zero-order valence-electron chi connectivity index (χ0n) is 10.9. The van der Waals surface area contributed by atoms with Crippen LogP contribution in [-0.2, 0) is 9.59 Å². The Hall–Kier alpha value is -1.10. The van der Waals surface area contributed by atoms with Crippen molar-refractivity contribution in [3.05, 3.63) is 0 Å². The van der Waals surface area contributed by atoms with Crippen LogP contribution in [0.25, 0.3) is 0 Å². The molecule has 1 heterocycles. The number of nitrogens with zero attached hydrogens (tertiary/aromatic N) is 2. The van der Waals surface area contributed by atoms with E-state index in [0.717, 1.165) is 25.9 Å². The molecule has 1 rings (SSSR count). The normalized spacial score (nSPS) is 16.8. The summed E-state index contributed by atoms with van der Waals surface area (Å²) >= 11 is 0. The standard InChI is InChI=1S/C12H23N3O2/c1-3-6-13-7-5-8-15-10-9-14(4-2)11(16)12(15)17/h13H,3-10H2,1-2H3. The van der Waals surface area contributed by atoms with E-state index in [2.05, 4.69) is 12.2 Å². The maximum absolute atomic E-state index is 11.7. The summed E-state index contributed by atoms with van der Waals surface area (Å²) in [6.07, 6.45) is 2.03. The number of carbonyl (C=O) groups is 2. The number of hydrogen-bond acceptors (Lipinski definition) is 3. The lowest BCUT2D eigenvalue weighted by Crippen LogP contribution is -2.54. The van der Waals surface area contributed by atoms with Gasteiger partial charge in [-0.25, -0.2) is 0 Å². The van der Waals surface area contributed by atoms with Crippen molar-refractivity contribution in [1.29, 1.82) is 0 Å². The molecular formula is C12H23N3O2. The number of piperazine rings is 1. The Morgan fingerprint density at radius 1 is 1.06 bits per heavy atom. The van der Waals surface area contributed by atoms with E-state index in [9.17, 15) is 9.59 Å². The van der Waals surface area contributed by atoms with Gasteiger partial charge in [-0.2, -0.15) is 0 Å². The van der Waals surface area contributed by atoms with E-state index in [-0.39, 0.29) is 11.8 Å². The molecule has 5 heteroatoms. The summed E-state index contributed by atoms with van der Waals surface area (Å²) < 4.78 is 0. The molecule has 0 spiro atoms. The van der Waals surface area contributed by atoms with Gasteiger partial charge in [0.05, 0.1) is 0 Å². The topological polar surface area (TPSA) is 52.6 Å². The van der Waals surface area contributed by atoms with Crippen molar-refractivity contribution in [3.63, 3.8) is 0 Å². The predicted molar refractivity (Wildman–Crippen MR) is 66.6 cm³/mol. The van der Waals surface area contributed by atoms with Crippen LogP contribution in [0.5, 0.6) is 0 Å². The molecule has 0 aromatic carbocycles. The van der Waals surface area contributed by atoms with Crippen LogP contribution in [0, 0.1) is 0 Å². The zero-order chi connectivity index (χ0) is 12.7. The Morgan fingerprint density at radius 3 is 2.35 bits per heavy atom. The average molecular weight is 241 g/mol. The molecule has 0 aromatic rings. The molecular weight excluding hydrogens is 218 g/mol. The molecule has 1 aliphatic heterocycles. The van der Waals surface area contributed by atoms with E-state index in [1.165, 1.54) is 0 Å². The summed E-state index contributed by atoms with van der Waals surface area (Å²) in [4.78, 5) is 26.6. The first-order valence-electron chi connectivity index (χ1n) is 6.49. The number of likely N-dealkylation sites (N-methyl/N-ethyl adjacent to an activating group) is 1. The number of hydrogen-bond donors (Lipinski definition) is 1. The van der Waals surface area contributed by atoms with Gasteiger partial charge in [-0.05, 0) is 32.9 Å². The molecule has 0 bridgehead atoms. The highest BCUT2D eigenvalue weighted by Crippen LogP contribution is 2.05. The highest BCUT2D eigenvalue weighted by atomic mass is 16.2. The molecule has 0 radical (unpaired) electrons. The zero-order valence-corrected chi connectivity index (χ0v) is 10.9. The average Bonchev–Trinajstić information content (AvgIpc) is 2.34. The molecule has 1 N–H and O–H groups in total. The summed E-state index contributed by atoms with van der Waals surface area (Å²) in [5, 5.41) is 3.29. The largest absolute Gasteiger partial charge is 0.333 e. The third-order valence-electron chi connectivity index (χ3n) is 2.99. The maximum Gasteiger partial charge on any atom is 0.312 e. The summed E-state index contributed by atoms with van der Waals surface area (Å²) in [7, 11) is 0. The van der Waals surface area contributed by atoms with Crippen LogP contribution in [0.4, 0.5) is 0 Å². The van der Waals surface area contributed by atoms with Gasteiger partial charge in [0.15, 0.2) is 0 Å². The first-order valence-corrected chi connectivity index (χ1v) is 6.49. The van der Waals surface area contributed by atoms with Crippen molar-refractivity contribution < 1.29 is 9.59 Å². The molecule has 5 nitrogen and oxygen atoms in total. The predicted octanol–water partition coefficient (Wildman–Crippen LogP) is 0.0668. The van der Waals surface area contributed by atoms with Gasteiger partial charge in [0.25, 0.3) is 0 Å². The smallest absolute Gasteiger partial charge is 0.312 e. The molecule has 1 fully saturated rings. The van der Waals surface area contributed by atoms with Gasteiger partial charge in [0, 0.05) is 26.2 Å². The minimum Gasteiger partial charge on any atom is -0.333 e. The second-order valence-corrected chi connectivity index (χ2v) is 4.28. The number of amides is 2. The minimum atomic E-state index is -0.347. The first kappa shape index (κ1) is 14.0. The third kappa shape index (κ3) is 4.00. The molecule has 0 aliphatic carbocycles. The number of rotatable bonds is 7. The van der Waals surface area contributed by atoms with E-state index < -0.39 is 0 Å². The SMILES string of the molecule is CCCNCCCN1CCN(CC)C(=O)C1=O. The van der Waals surface area contributed by atoms with Crippen LogP contribution in [-0.4, -0.2) is 60.9 Å². The fourth-order valence-electron chi connectivity index (χ4n) is 1.93. The lowest BCUT2D eigenvalue weighted by molar-refractivity contribution is -0.155. The highest BCUT2D eigenvalue weighted by Gasteiger charge is 2.30. The van der Waals surface area contributed by atoms with Gasteiger partial charge in [-0.3, -0.25) is 9.59 Å². The minimum absolute atomic E-state index is 0.339. The van der Waals surface area contributed by atoms with Crippen LogP contribution in [0.15, 0.2) is 0 Å². The number of nitrogens with one attached hydrogen (secondary N) is 1. The van der Waals surface area contributed by atoms with E-state index >= 15 is 0 Å². The Bertz CT molecular complexity index is 268. The van der Waals surface area contributed by atoms with E-state index in [4.69, 9.17) is 0 Å². The quantitative estimate of drug-likeness (QED) is 0.507. The van der Waals surface area contributed by atoms with Gasteiger partial charge in [-0.15, -0.1) is 0 Å². The maximum atomic E-state index is 11.7. The Morgan fingerprint density at radius 2 is 1.71 bits per heavy atom. The van der Waals surface area contributed by atoms with Crippen molar-refractivity contribution in [3.8, 4) is 0 Å². The summed E-state index contributed by atoms with van der Waals surface area (Å²) in [5.41, 5.74) is 0. The van der Waals surface area contributed by atoms with E-state index in [0.29, 0.717) is 26.2 Å². The molecule has 2 amide bonds. The van der Waals surface area contributed by atoms with Crippen molar-refractivity contribution in [2.24, 2.45) is 0 Å². The molecule has 1 aliphatic rings. The van der Waals surface area contributed by atoms with Crippen molar-refractivity contribution in [2.75, 3.05) is 39.3 Å². The highest BCUT2D eigenvalue weighted by molar-refractivity contribution is 6.35. The first-order chi connectivity index (χ1) is 8.20. The van der Waals surface area contributed by atoms with E-state index in [1.807, 2.05) is 6.92 Å². The fourth-order valence-corrected chi connectivity index (χ4v) is 1.93. The molecule has 98 valence electrons. The van der Waals surface area contributed by atoms with Crippen LogP contribution in [0.3, 0.4) is 0 Å². The summed E-state index contributed by atoms with van der Waals surface area (Å²) in [5.74, 6) is -0.686. The molecule has 17 heavy (non-hydrogen) atoms. The van der Waals surface area contributed by atoms with E-state index in [1.54, 1.807) is 9.80 Å². The van der Waals surface area contributed by atoms with Crippen molar-refractivity contribution in [1.82, 2.24) is 15.1 Å². The molecule has 1 saturated heterocycles. The van der Waals surface area contributed by atoms with Crippen LogP contribution < -0.4 is 5.32 Å². The Balaban J connectivity index is 2.26. The molecule has 0 aromatic heterocycles. The number of carbonyl (C=O) groups excluding carboxylic acids is 2. The summed E-state index contributed by atoms with van der Waals surface area (Å²) in [6.45, 7) is 8.58. The van der Waals surface area contributed by atoms with Crippen molar-refractivity contribution in [2.45, 2.75) is 26.7 Å². The lowest BCUT2D eigenvalue weighted by atomic mass is 10.2. The molecule has 0 saturated carbocycles. The van der Waals surface area contributed by atoms with Crippen LogP contribution >= 0.6 is 0 Å². The molecule has 0 unspecified atom stereocenters. The van der Waals surface area contributed by atoms with Crippen LogP contribution in [0.2, 0.25) is 0 Å². The Labute approximate surface area is 103 Å². The summed E-state index contributed by atoms with van der Waals surface area (Å²) in [6, 6.07) is 0.